The summed E-state index contributed by atoms with van der Waals surface area (Å²) in [7, 11) is 2.01. The lowest BCUT2D eigenvalue weighted by molar-refractivity contribution is 0.310. The maximum atomic E-state index is 11.7. The van der Waals surface area contributed by atoms with E-state index < -0.39 is 0 Å². The molecule has 0 aliphatic rings. The van der Waals surface area contributed by atoms with Crippen LogP contribution in [-0.4, -0.2) is 23.1 Å². The molecule has 0 saturated carbocycles. The molecular weight excluding hydrogens is 274 g/mol. The molecular formula is C15H18ClN3O. The number of hydrogen-bond acceptors (Lipinski definition) is 3. The lowest BCUT2D eigenvalue weighted by Gasteiger charge is -2.17. The lowest BCUT2D eigenvalue weighted by Crippen LogP contribution is -2.27. The molecule has 0 unspecified atom stereocenters. The molecule has 20 heavy (non-hydrogen) atoms. The summed E-state index contributed by atoms with van der Waals surface area (Å²) in [6.45, 7) is 2.16. The van der Waals surface area contributed by atoms with Crippen LogP contribution >= 0.6 is 11.6 Å². The highest BCUT2D eigenvalue weighted by atomic mass is 35.5. The molecule has 0 aliphatic heterocycles. The highest BCUT2D eigenvalue weighted by Gasteiger charge is 2.03. The number of rotatable bonds is 5. The Balaban J connectivity index is 1.93. The van der Waals surface area contributed by atoms with Gasteiger partial charge in [-0.3, -0.25) is 4.79 Å². The topological polar surface area (TPSA) is 51.3 Å². The first kappa shape index (κ1) is 14.6. The Morgan fingerprint density at radius 3 is 2.85 bits per heavy atom. The van der Waals surface area contributed by atoms with Crippen molar-refractivity contribution in [3.63, 3.8) is 0 Å². The van der Waals surface area contributed by atoms with Crippen LogP contribution in [0.4, 0.5) is 5.69 Å². The molecule has 5 heteroatoms. The first-order valence-electron chi connectivity index (χ1n) is 6.43. The standard InChI is InChI=1S/C15H18ClN3O/c1-18(10-12-3-2-4-13(16)9-12)7-8-19-11-14(17)5-6-15(19)20/h2-6,9,11H,7-8,10,17H2,1H3. The Hall–Kier alpha value is -1.78. The van der Waals surface area contributed by atoms with Gasteiger partial charge >= 0.3 is 0 Å². The molecule has 2 N–H and O–H groups in total. The van der Waals surface area contributed by atoms with Crippen molar-refractivity contribution in [1.82, 2.24) is 9.47 Å². The Labute approximate surface area is 123 Å². The molecule has 2 aromatic rings. The molecule has 0 aliphatic carbocycles. The second kappa shape index (κ2) is 6.59. The molecule has 1 aromatic heterocycles. The van der Waals surface area contributed by atoms with Gasteiger partial charge in [0.1, 0.15) is 0 Å². The zero-order valence-corrected chi connectivity index (χ0v) is 12.2. The molecule has 1 aromatic carbocycles. The average molecular weight is 292 g/mol. The molecule has 4 nitrogen and oxygen atoms in total. The van der Waals surface area contributed by atoms with Crippen LogP contribution in [0.2, 0.25) is 5.02 Å². The number of nitrogens with two attached hydrogens (primary N) is 1. The Morgan fingerprint density at radius 1 is 1.30 bits per heavy atom. The van der Waals surface area contributed by atoms with Crippen molar-refractivity contribution in [2.24, 2.45) is 0 Å². The molecule has 1 heterocycles. The fraction of sp³-hybridized carbons (Fsp3) is 0.267. The SMILES string of the molecule is CN(CCn1cc(N)ccc1=O)Cc1cccc(Cl)c1. The number of likely N-dealkylation sites (N-methyl/N-ethyl adjacent to an activating group) is 1. The number of aromatic nitrogens is 1. The Bertz CT molecular complexity index is 639. The number of anilines is 1. The maximum Gasteiger partial charge on any atom is 0.250 e. The highest BCUT2D eigenvalue weighted by molar-refractivity contribution is 6.30. The summed E-state index contributed by atoms with van der Waals surface area (Å²) in [5.74, 6) is 0. The van der Waals surface area contributed by atoms with E-state index in [0.29, 0.717) is 12.2 Å². The number of pyridine rings is 1. The van der Waals surface area contributed by atoms with Crippen molar-refractivity contribution in [2.75, 3.05) is 19.3 Å². The number of nitrogen functional groups attached to an aromatic ring is 1. The quantitative estimate of drug-likeness (QED) is 0.919. The zero-order chi connectivity index (χ0) is 14.5. The molecule has 0 fully saturated rings. The fourth-order valence-electron chi connectivity index (χ4n) is 2.03. The smallest absolute Gasteiger partial charge is 0.250 e. The van der Waals surface area contributed by atoms with Crippen molar-refractivity contribution >= 4 is 17.3 Å². The van der Waals surface area contributed by atoms with E-state index in [1.54, 1.807) is 16.8 Å². The summed E-state index contributed by atoms with van der Waals surface area (Å²) in [5.41, 5.74) is 7.41. The normalized spacial score (nSPS) is 10.9. The number of halogens is 1. The Kier molecular flexibility index (Phi) is 4.82. The molecule has 2 rings (SSSR count). The molecule has 0 bridgehead atoms. The number of nitrogens with zero attached hydrogens (tertiary/aromatic N) is 2. The van der Waals surface area contributed by atoms with E-state index in [1.807, 2.05) is 31.3 Å². The second-order valence-corrected chi connectivity index (χ2v) is 5.30. The maximum absolute atomic E-state index is 11.7. The molecule has 0 radical (unpaired) electrons. The van der Waals surface area contributed by atoms with Crippen LogP contribution in [0.3, 0.4) is 0 Å². The van der Waals surface area contributed by atoms with Crippen LogP contribution in [0.1, 0.15) is 5.56 Å². The third-order valence-corrected chi connectivity index (χ3v) is 3.31. The van der Waals surface area contributed by atoms with Gasteiger partial charge in [0, 0.05) is 42.6 Å². The van der Waals surface area contributed by atoms with Crippen LogP contribution in [0.5, 0.6) is 0 Å². The van der Waals surface area contributed by atoms with E-state index in [4.69, 9.17) is 17.3 Å². The first-order chi connectivity index (χ1) is 9.54. The van der Waals surface area contributed by atoms with Gasteiger partial charge in [0.2, 0.25) is 0 Å². The van der Waals surface area contributed by atoms with Crippen LogP contribution in [0.25, 0.3) is 0 Å². The van der Waals surface area contributed by atoms with Gasteiger partial charge in [0.25, 0.3) is 5.56 Å². The minimum atomic E-state index is -0.0321. The van der Waals surface area contributed by atoms with Crippen molar-refractivity contribution < 1.29 is 0 Å². The fourth-order valence-corrected chi connectivity index (χ4v) is 2.24. The highest BCUT2D eigenvalue weighted by Crippen LogP contribution is 2.12. The van der Waals surface area contributed by atoms with Gasteiger partial charge < -0.3 is 15.2 Å². The second-order valence-electron chi connectivity index (χ2n) is 4.86. The third kappa shape index (κ3) is 4.11. The summed E-state index contributed by atoms with van der Waals surface area (Å²) >= 11 is 5.96. The van der Waals surface area contributed by atoms with Crippen LogP contribution in [0.15, 0.2) is 47.4 Å². The summed E-state index contributed by atoms with van der Waals surface area (Å²) in [6, 6.07) is 10.9. The van der Waals surface area contributed by atoms with Crippen LogP contribution in [0, 0.1) is 0 Å². The zero-order valence-electron chi connectivity index (χ0n) is 11.4. The summed E-state index contributed by atoms with van der Waals surface area (Å²) < 4.78 is 1.63. The third-order valence-electron chi connectivity index (χ3n) is 3.07. The lowest BCUT2D eigenvalue weighted by atomic mass is 10.2. The summed E-state index contributed by atoms with van der Waals surface area (Å²) in [4.78, 5) is 13.8. The minimum Gasteiger partial charge on any atom is -0.398 e. The van der Waals surface area contributed by atoms with Crippen molar-refractivity contribution in [2.45, 2.75) is 13.1 Å². The van der Waals surface area contributed by atoms with Crippen LogP contribution < -0.4 is 11.3 Å². The summed E-state index contributed by atoms with van der Waals surface area (Å²) in [6.07, 6.45) is 1.68. The van der Waals surface area contributed by atoms with Gasteiger partial charge in [-0.25, -0.2) is 0 Å². The van der Waals surface area contributed by atoms with Crippen LogP contribution in [-0.2, 0) is 13.1 Å². The molecule has 106 valence electrons. The van der Waals surface area contributed by atoms with Gasteiger partial charge in [-0.1, -0.05) is 23.7 Å². The monoisotopic (exact) mass is 291 g/mol. The molecule has 0 atom stereocenters. The predicted molar refractivity (Wildman–Crippen MR) is 82.9 cm³/mol. The van der Waals surface area contributed by atoms with E-state index in [0.717, 1.165) is 23.7 Å². The van der Waals surface area contributed by atoms with Gasteiger partial charge in [-0.15, -0.1) is 0 Å². The van der Waals surface area contributed by atoms with E-state index in [9.17, 15) is 4.79 Å². The van der Waals surface area contributed by atoms with Crippen molar-refractivity contribution in [3.8, 4) is 0 Å². The largest absolute Gasteiger partial charge is 0.398 e. The van der Waals surface area contributed by atoms with Crippen molar-refractivity contribution in [1.29, 1.82) is 0 Å². The first-order valence-corrected chi connectivity index (χ1v) is 6.81. The summed E-state index contributed by atoms with van der Waals surface area (Å²) in [5, 5.41) is 0.739. The molecule has 0 spiro atoms. The van der Waals surface area contributed by atoms with Gasteiger partial charge in [-0.05, 0) is 30.8 Å². The van der Waals surface area contributed by atoms with E-state index in [1.165, 1.54) is 6.07 Å². The molecule has 0 saturated heterocycles. The number of hydrogen-bond donors (Lipinski definition) is 1. The van der Waals surface area contributed by atoms with Gasteiger partial charge in [0.05, 0.1) is 0 Å². The van der Waals surface area contributed by atoms with Gasteiger partial charge in [-0.2, -0.15) is 0 Å². The average Bonchev–Trinajstić information content (AvgIpc) is 2.40. The number of benzene rings is 1. The van der Waals surface area contributed by atoms with Gasteiger partial charge in [0.15, 0.2) is 0 Å². The van der Waals surface area contributed by atoms with E-state index >= 15 is 0 Å². The van der Waals surface area contributed by atoms with E-state index in [2.05, 4.69) is 4.90 Å². The predicted octanol–water partition coefficient (Wildman–Crippen LogP) is 2.22. The Morgan fingerprint density at radius 2 is 2.10 bits per heavy atom. The minimum absolute atomic E-state index is 0.0321. The molecule has 0 amide bonds. The van der Waals surface area contributed by atoms with Crippen molar-refractivity contribution in [3.05, 3.63) is 63.5 Å². The van der Waals surface area contributed by atoms with E-state index in [-0.39, 0.29) is 5.56 Å².